The first kappa shape index (κ1) is 9.86. The topological polar surface area (TPSA) is 49.2 Å². The van der Waals surface area contributed by atoms with Crippen molar-refractivity contribution in [1.82, 2.24) is 10.2 Å². The van der Waals surface area contributed by atoms with Crippen LogP contribution in [0.25, 0.3) is 0 Å². The lowest BCUT2D eigenvalue weighted by molar-refractivity contribution is 0.0351. The van der Waals surface area contributed by atoms with Crippen LogP contribution in [0.15, 0.2) is 0 Å². The van der Waals surface area contributed by atoms with Crippen LogP contribution < -0.4 is 4.90 Å². The van der Waals surface area contributed by atoms with E-state index < -0.39 is 5.60 Å². The first-order valence-corrected chi connectivity index (χ1v) is 5.66. The first-order chi connectivity index (χ1) is 6.57. The van der Waals surface area contributed by atoms with Crippen molar-refractivity contribution in [3.05, 3.63) is 5.01 Å². The maximum Gasteiger partial charge on any atom is 0.208 e. The predicted octanol–water partition coefficient (Wildman–Crippen LogP) is 1.20. The van der Waals surface area contributed by atoms with E-state index in [-0.39, 0.29) is 0 Å². The van der Waals surface area contributed by atoms with Gasteiger partial charge in [0.2, 0.25) is 5.13 Å². The number of aromatic nitrogens is 2. The summed E-state index contributed by atoms with van der Waals surface area (Å²) in [6.07, 6.45) is 1.62. The van der Waals surface area contributed by atoms with Crippen LogP contribution in [0.2, 0.25) is 0 Å². The molecule has 0 aliphatic carbocycles. The second kappa shape index (κ2) is 3.47. The van der Waals surface area contributed by atoms with Gasteiger partial charge in [-0.15, -0.1) is 10.2 Å². The molecule has 78 valence electrons. The Morgan fingerprint density at radius 1 is 1.36 bits per heavy atom. The van der Waals surface area contributed by atoms with Crippen LogP contribution in [0.4, 0.5) is 5.13 Å². The molecule has 4 nitrogen and oxygen atoms in total. The third-order valence-corrected chi connectivity index (χ3v) is 3.53. The van der Waals surface area contributed by atoms with Crippen LogP contribution in [0.5, 0.6) is 0 Å². The van der Waals surface area contributed by atoms with Crippen LogP contribution in [-0.4, -0.2) is 34.0 Å². The lowest BCUT2D eigenvalue weighted by Gasteiger charge is -2.35. The maximum atomic E-state index is 9.79. The van der Waals surface area contributed by atoms with Gasteiger partial charge in [-0.2, -0.15) is 0 Å². The Kier molecular flexibility index (Phi) is 2.45. The number of piperidine rings is 1. The molecule has 1 N–H and O–H groups in total. The quantitative estimate of drug-likeness (QED) is 0.761. The molecule has 1 aliphatic heterocycles. The fourth-order valence-electron chi connectivity index (χ4n) is 1.59. The third-order valence-electron chi connectivity index (χ3n) is 2.63. The molecule has 1 aliphatic rings. The zero-order valence-electron chi connectivity index (χ0n) is 8.53. The molecule has 1 saturated heterocycles. The molecule has 14 heavy (non-hydrogen) atoms. The van der Waals surface area contributed by atoms with Crippen LogP contribution >= 0.6 is 11.3 Å². The minimum Gasteiger partial charge on any atom is -0.390 e. The SMILES string of the molecule is Cc1nnc(N2CCC(C)(O)CC2)s1. The second-order valence-corrected chi connectivity index (χ2v) is 5.25. The highest BCUT2D eigenvalue weighted by Gasteiger charge is 2.28. The van der Waals surface area contributed by atoms with Gasteiger partial charge in [0, 0.05) is 13.1 Å². The van der Waals surface area contributed by atoms with E-state index in [4.69, 9.17) is 0 Å². The van der Waals surface area contributed by atoms with Crippen molar-refractivity contribution in [2.45, 2.75) is 32.3 Å². The van der Waals surface area contributed by atoms with Gasteiger partial charge in [0.15, 0.2) is 0 Å². The number of aliphatic hydroxyl groups is 1. The summed E-state index contributed by atoms with van der Waals surface area (Å²) in [5.41, 5.74) is -0.490. The van der Waals surface area contributed by atoms with Crippen molar-refractivity contribution in [3.8, 4) is 0 Å². The van der Waals surface area contributed by atoms with Crippen molar-refractivity contribution < 1.29 is 5.11 Å². The van der Waals surface area contributed by atoms with Crippen LogP contribution in [0.1, 0.15) is 24.8 Å². The number of anilines is 1. The standard InChI is InChI=1S/C9H15N3OS/c1-7-10-11-8(14-7)12-5-3-9(2,13)4-6-12/h13H,3-6H2,1-2H3. The van der Waals surface area contributed by atoms with E-state index in [0.717, 1.165) is 36.1 Å². The summed E-state index contributed by atoms with van der Waals surface area (Å²) >= 11 is 1.62. The molecule has 0 radical (unpaired) electrons. The van der Waals surface area contributed by atoms with Crippen molar-refractivity contribution in [2.75, 3.05) is 18.0 Å². The molecule has 0 atom stereocenters. The monoisotopic (exact) mass is 213 g/mol. The Labute approximate surface area is 87.6 Å². The fraction of sp³-hybridized carbons (Fsp3) is 0.778. The average Bonchev–Trinajstić information content (AvgIpc) is 2.52. The smallest absolute Gasteiger partial charge is 0.208 e. The largest absolute Gasteiger partial charge is 0.390 e. The van der Waals surface area contributed by atoms with Crippen molar-refractivity contribution in [3.63, 3.8) is 0 Å². The number of aryl methyl sites for hydroxylation is 1. The molecule has 0 saturated carbocycles. The summed E-state index contributed by atoms with van der Waals surface area (Å²) in [4.78, 5) is 2.20. The Bertz CT molecular complexity index is 314. The Morgan fingerprint density at radius 2 is 2.00 bits per heavy atom. The summed E-state index contributed by atoms with van der Waals surface area (Å²) < 4.78 is 0. The molecule has 5 heteroatoms. The molecule has 0 amide bonds. The lowest BCUT2D eigenvalue weighted by Crippen LogP contribution is -2.42. The summed E-state index contributed by atoms with van der Waals surface area (Å²) in [5, 5.41) is 19.9. The average molecular weight is 213 g/mol. The summed E-state index contributed by atoms with van der Waals surface area (Å²) in [7, 11) is 0. The molecule has 0 aromatic carbocycles. The van der Waals surface area contributed by atoms with Crippen LogP contribution in [0.3, 0.4) is 0 Å². The minimum absolute atomic E-state index is 0.490. The molecule has 1 aromatic rings. The summed E-state index contributed by atoms with van der Waals surface area (Å²) in [6.45, 7) is 5.61. The zero-order chi connectivity index (χ0) is 10.2. The van der Waals surface area contributed by atoms with Gasteiger partial charge >= 0.3 is 0 Å². The molecule has 0 unspecified atom stereocenters. The van der Waals surface area contributed by atoms with Gasteiger partial charge < -0.3 is 10.0 Å². The number of rotatable bonds is 1. The molecule has 1 fully saturated rings. The lowest BCUT2D eigenvalue weighted by atomic mass is 9.94. The number of hydrogen-bond donors (Lipinski definition) is 1. The number of nitrogens with zero attached hydrogens (tertiary/aromatic N) is 3. The second-order valence-electron chi connectivity index (χ2n) is 4.09. The molecular formula is C9H15N3OS. The van der Waals surface area contributed by atoms with Crippen molar-refractivity contribution in [1.29, 1.82) is 0 Å². The van der Waals surface area contributed by atoms with Crippen molar-refractivity contribution >= 4 is 16.5 Å². The van der Waals surface area contributed by atoms with Gasteiger partial charge in [-0.1, -0.05) is 11.3 Å². The Balaban J connectivity index is 2.02. The van der Waals surface area contributed by atoms with Gasteiger partial charge in [-0.05, 0) is 26.7 Å². The van der Waals surface area contributed by atoms with Gasteiger partial charge in [-0.25, -0.2) is 0 Å². The highest BCUT2D eigenvalue weighted by Crippen LogP contribution is 2.27. The van der Waals surface area contributed by atoms with Gasteiger partial charge in [0.25, 0.3) is 0 Å². The predicted molar refractivity (Wildman–Crippen MR) is 56.7 cm³/mol. The minimum atomic E-state index is -0.490. The van der Waals surface area contributed by atoms with E-state index >= 15 is 0 Å². The Morgan fingerprint density at radius 3 is 2.50 bits per heavy atom. The fourth-order valence-corrected chi connectivity index (χ4v) is 2.33. The van der Waals surface area contributed by atoms with E-state index in [2.05, 4.69) is 15.1 Å². The molecule has 0 bridgehead atoms. The van der Waals surface area contributed by atoms with Crippen LogP contribution in [0, 0.1) is 6.92 Å². The van der Waals surface area contributed by atoms with Crippen molar-refractivity contribution in [2.24, 2.45) is 0 Å². The summed E-state index contributed by atoms with van der Waals surface area (Å²) in [6, 6.07) is 0. The zero-order valence-corrected chi connectivity index (χ0v) is 9.34. The Hall–Kier alpha value is -0.680. The summed E-state index contributed by atoms with van der Waals surface area (Å²) in [5.74, 6) is 0. The molecule has 2 heterocycles. The van der Waals surface area contributed by atoms with E-state index in [1.54, 1.807) is 11.3 Å². The third kappa shape index (κ3) is 2.04. The molecule has 1 aromatic heterocycles. The highest BCUT2D eigenvalue weighted by atomic mass is 32.1. The number of hydrogen-bond acceptors (Lipinski definition) is 5. The normalized spacial score (nSPS) is 21.2. The van der Waals surface area contributed by atoms with Gasteiger partial charge in [-0.3, -0.25) is 0 Å². The van der Waals surface area contributed by atoms with E-state index in [9.17, 15) is 5.11 Å². The van der Waals surface area contributed by atoms with Gasteiger partial charge in [0.05, 0.1) is 5.60 Å². The first-order valence-electron chi connectivity index (χ1n) is 4.84. The van der Waals surface area contributed by atoms with E-state index in [1.165, 1.54) is 0 Å². The molecule has 0 spiro atoms. The molecular weight excluding hydrogens is 198 g/mol. The van der Waals surface area contributed by atoms with E-state index in [0.29, 0.717) is 0 Å². The molecule has 2 rings (SSSR count). The van der Waals surface area contributed by atoms with Crippen LogP contribution in [-0.2, 0) is 0 Å². The highest BCUT2D eigenvalue weighted by molar-refractivity contribution is 7.15. The van der Waals surface area contributed by atoms with E-state index in [1.807, 2.05) is 13.8 Å². The van der Waals surface area contributed by atoms with Gasteiger partial charge in [0.1, 0.15) is 5.01 Å². The maximum absolute atomic E-state index is 9.79.